The zero-order valence-electron chi connectivity index (χ0n) is 15.7. The van der Waals surface area contributed by atoms with Crippen molar-refractivity contribution in [2.75, 3.05) is 37.7 Å². The van der Waals surface area contributed by atoms with Gasteiger partial charge in [-0.15, -0.1) is 11.8 Å². The molecule has 1 aromatic heterocycles. The number of aromatic nitrogens is 2. The first-order valence-electron chi connectivity index (χ1n) is 9.41. The maximum atomic E-state index is 12.9. The third kappa shape index (κ3) is 3.88. The highest BCUT2D eigenvalue weighted by atomic mass is 32.2. The average molecular weight is 385 g/mol. The fourth-order valence-corrected chi connectivity index (χ4v) is 4.82. The summed E-state index contributed by atoms with van der Waals surface area (Å²) in [6.45, 7) is 7.36. The predicted octanol–water partition coefficient (Wildman–Crippen LogP) is 2.55. The van der Waals surface area contributed by atoms with E-state index in [1.807, 2.05) is 36.9 Å². The van der Waals surface area contributed by atoms with Crippen LogP contribution in [0.3, 0.4) is 0 Å². The zero-order valence-corrected chi connectivity index (χ0v) is 16.5. The summed E-state index contributed by atoms with van der Waals surface area (Å²) in [6, 6.07) is 10.2. The van der Waals surface area contributed by atoms with Gasteiger partial charge in [-0.2, -0.15) is 4.98 Å². The average Bonchev–Trinajstić information content (AvgIpc) is 3.11. The van der Waals surface area contributed by atoms with Gasteiger partial charge < -0.3 is 14.5 Å². The molecular formula is C20H24N4O2S. The number of benzene rings is 1. The number of aryl methyl sites for hydroxylation is 1. The number of nitrogens with zero attached hydrogens (tertiary/aromatic N) is 4. The summed E-state index contributed by atoms with van der Waals surface area (Å²) in [7, 11) is 0. The molecule has 3 heterocycles. The van der Waals surface area contributed by atoms with Crippen LogP contribution in [0.2, 0.25) is 0 Å². The summed E-state index contributed by atoms with van der Waals surface area (Å²) in [5, 5.41) is 0.00808. The first kappa shape index (κ1) is 18.1. The number of rotatable bonds is 4. The summed E-state index contributed by atoms with van der Waals surface area (Å²) >= 11 is 1.70. The molecule has 0 N–H and O–H groups in total. The third-order valence-corrected chi connectivity index (χ3v) is 6.21. The SMILES string of the molecule is CCOc1cc(C)nc(N2CCN(C(=O)C3Cc4ccccc4S3)CC2)n1. The molecule has 0 spiro atoms. The van der Waals surface area contributed by atoms with Gasteiger partial charge in [-0.05, 0) is 31.9 Å². The summed E-state index contributed by atoms with van der Waals surface area (Å²) < 4.78 is 5.53. The number of fused-ring (bicyclic) bond motifs is 1. The maximum absolute atomic E-state index is 12.9. The number of carbonyl (C=O) groups excluding carboxylic acids is 1. The van der Waals surface area contributed by atoms with Crippen LogP contribution in [0.4, 0.5) is 5.95 Å². The first-order valence-corrected chi connectivity index (χ1v) is 10.3. The van der Waals surface area contributed by atoms with Crippen LogP contribution in [0, 0.1) is 6.92 Å². The molecule has 0 saturated carbocycles. The molecule has 1 atom stereocenters. The molecule has 2 aliphatic rings. The molecule has 4 rings (SSSR count). The van der Waals surface area contributed by atoms with Crippen LogP contribution in [0.5, 0.6) is 5.88 Å². The summed E-state index contributed by atoms with van der Waals surface area (Å²) in [5.74, 6) is 1.54. The Kier molecular flexibility index (Phi) is 5.20. The Morgan fingerprint density at radius 1 is 1.22 bits per heavy atom. The van der Waals surface area contributed by atoms with E-state index < -0.39 is 0 Å². The Labute approximate surface area is 163 Å². The smallest absolute Gasteiger partial charge is 0.236 e. The second-order valence-corrected chi connectivity index (χ2v) is 8.06. The van der Waals surface area contributed by atoms with Crippen LogP contribution in [-0.4, -0.2) is 58.8 Å². The standard InChI is InChI=1S/C20H24N4O2S/c1-3-26-18-12-14(2)21-20(22-18)24-10-8-23(9-11-24)19(25)17-13-15-6-4-5-7-16(15)27-17/h4-7,12,17H,3,8-11,13H2,1-2H3. The van der Waals surface area contributed by atoms with E-state index in [9.17, 15) is 4.79 Å². The molecule has 1 unspecified atom stereocenters. The molecule has 2 aromatic rings. The lowest BCUT2D eigenvalue weighted by atomic mass is 10.1. The summed E-state index contributed by atoms with van der Waals surface area (Å²) in [5.41, 5.74) is 2.18. The number of hydrogen-bond acceptors (Lipinski definition) is 6. The fourth-order valence-electron chi connectivity index (χ4n) is 3.54. The van der Waals surface area contributed by atoms with E-state index in [0.717, 1.165) is 25.2 Å². The highest BCUT2D eigenvalue weighted by Gasteiger charge is 2.33. The lowest BCUT2D eigenvalue weighted by Crippen LogP contribution is -2.51. The van der Waals surface area contributed by atoms with Crippen LogP contribution < -0.4 is 9.64 Å². The van der Waals surface area contributed by atoms with Crippen LogP contribution in [0.1, 0.15) is 18.2 Å². The van der Waals surface area contributed by atoms with Crippen molar-refractivity contribution >= 4 is 23.6 Å². The Hall–Kier alpha value is -2.28. The van der Waals surface area contributed by atoms with Crippen LogP contribution in [0.15, 0.2) is 35.2 Å². The van der Waals surface area contributed by atoms with E-state index in [1.54, 1.807) is 11.8 Å². The maximum Gasteiger partial charge on any atom is 0.236 e. The zero-order chi connectivity index (χ0) is 18.8. The number of ether oxygens (including phenoxy) is 1. The molecule has 7 heteroatoms. The van der Waals surface area contributed by atoms with Crippen molar-refractivity contribution in [3.05, 3.63) is 41.6 Å². The molecule has 1 aromatic carbocycles. The molecule has 0 bridgehead atoms. The van der Waals surface area contributed by atoms with Crippen molar-refractivity contribution < 1.29 is 9.53 Å². The van der Waals surface area contributed by atoms with E-state index in [2.05, 4.69) is 27.0 Å². The van der Waals surface area contributed by atoms with Gasteiger partial charge in [0.1, 0.15) is 0 Å². The van der Waals surface area contributed by atoms with E-state index in [0.29, 0.717) is 31.5 Å². The topological polar surface area (TPSA) is 58.6 Å². The number of thioether (sulfide) groups is 1. The van der Waals surface area contributed by atoms with E-state index >= 15 is 0 Å². The summed E-state index contributed by atoms with van der Waals surface area (Å²) in [6.07, 6.45) is 0.832. The lowest BCUT2D eigenvalue weighted by Gasteiger charge is -2.35. The van der Waals surface area contributed by atoms with Gasteiger partial charge in [-0.1, -0.05) is 18.2 Å². The molecule has 0 radical (unpaired) electrons. The molecular weight excluding hydrogens is 360 g/mol. The van der Waals surface area contributed by atoms with Gasteiger partial charge in [0.25, 0.3) is 0 Å². The third-order valence-electron chi connectivity index (χ3n) is 4.91. The van der Waals surface area contributed by atoms with Gasteiger partial charge in [0.15, 0.2) is 0 Å². The van der Waals surface area contributed by atoms with Crippen molar-refractivity contribution in [2.24, 2.45) is 0 Å². The molecule has 142 valence electrons. The van der Waals surface area contributed by atoms with E-state index in [1.165, 1.54) is 10.5 Å². The number of anilines is 1. The predicted molar refractivity (Wildman–Crippen MR) is 107 cm³/mol. The minimum Gasteiger partial charge on any atom is -0.478 e. The molecule has 2 aliphatic heterocycles. The lowest BCUT2D eigenvalue weighted by molar-refractivity contribution is -0.130. The first-order chi connectivity index (χ1) is 13.1. The van der Waals surface area contributed by atoms with Gasteiger partial charge in [0.2, 0.25) is 17.7 Å². The Balaban J connectivity index is 1.37. The highest BCUT2D eigenvalue weighted by molar-refractivity contribution is 8.01. The van der Waals surface area contributed by atoms with Gasteiger partial charge >= 0.3 is 0 Å². The van der Waals surface area contributed by atoms with Crippen molar-refractivity contribution in [2.45, 2.75) is 30.4 Å². The quantitative estimate of drug-likeness (QED) is 0.807. The highest BCUT2D eigenvalue weighted by Crippen LogP contribution is 2.37. The minimum atomic E-state index is 0.00808. The molecule has 0 aliphatic carbocycles. The Morgan fingerprint density at radius 2 is 2.00 bits per heavy atom. The van der Waals surface area contributed by atoms with Crippen LogP contribution >= 0.6 is 11.8 Å². The minimum absolute atomic E-state index is 0.00808. The second-order valence-electron chi connectivity index (χ2n) is 6.81. The molecule has 1 fully saturated rings. The Bertz CT molecular complexity index is 811. The number of amides is 1. The van der Waals surface area contributed by atoms with Crippen molar-refractivity contribution in [3.63, 3.8) is 0 Å². The number of piperazine rings is 1. The number of hydrogen-bond donors (Lipinski definition) is 0. The second kappa shape index (κ2) is 7.76. The normalized spacial score (nSPS) is 19.1. The monoisotopic (exact) mass is 384 g/mol. The number of carbonyl (C=O) groups is 1. The van der Waals surface area contributed by atoms with Crippen LogP contribution in [-0.2, 0) is 11.2 Å². The van der Waals surface area contributed by atoms with E-state index in [4.69, 9.17) is 4.74 Å². The molecule has 1 amide bonds. The summed E-state index contributed by atoms with van der Waals surface area (Å²) in [4.78, 5) is 27.4. The van der Waals surface area contributed by atoms with Crippen molar-refractivity contribution in [3.8, 4) is 5.88 Å². The van der Waals surface area contributed by atoms with Gasteiger partial charge in [0, 0.05) is 42.8 Å². The van der Waals surface area contributed by atoms with Gasteiger partial charge in [-0.3, -0.25) is 4.79 Å². The Morgan fingerprint density at radius 3 is 2.74 bits per heavy atom. The van der Waals surface area contributed by atoms with Gasteiger partial charge in [-0.25, -0.2) is 4.98 Å². The van der Waals surface area contributed by atoms with E-state index in [-0.39, 0.29) is 11.2 Å². The fraction of sp³-hybridized carbons (Fsp3) is 0.450. The molecule has 27 heavy (non-hydrogen) atoms. The largest absolute Gasteiger partial charge is 0.478 e. The molecule has 6 nitrogen and oxygen atoms in total. The van der Waals surface area contributed by atoms with Gasteiger partial charge in [0.05, 0.1) is 11.9 Å². The van der Waals surface area contributed by atoms with Crippen molar-refractivity contribution in [1.29, 1.82) is 0 Å². The van der Waals surface area contributed by atoms with Crippen molar-refractivity contribution in [1.82, 2.24) is 14.9 Å². The van der Waals surface area contributed by atoms with Crippen LogP contribution in [0.25, 0.3) is 0 Å². The molecule has 1 saturated heterocycles.